The Morgan fingerprint density at radius 1 is 0.769 bits per heavy atom. The highest BCUT2D eigenvalue weighted by molar-refractivity contribution is 6.37. The zero-order chi connectivity index (χ0) is 18.5. The fourth-order valence-corrected chi connectivity index (χ4v) is 3.44. The average molecular weight is 427 g/mol. The first-order chi connectivity index (χ1) is 12.5. The number of hydrogen-bond donors (Lipinski definition) is 1. The molecule has 0 atom stereocenters. The Labute approximate surface area is 172 Å². The summed E-state index contributed by atoms with van der Waals surface area (Å²) in [7, 11) is 0. The Kier molecular flexibility index (Phi) is 6.55. The predicted molar refractivity (Wildman–Crippen MR) is 111 cm³/mol. The third kappa shape index (κ3) is 4.99. The molecule has 0 amide bonds. The molecule has 0 aliphatic heterocycles. The second kappa shape index (κ2) is 8.88. The van der Waals surface area contributed by atoms with Gasteiger partial charge in [0.25, 0.3) is 0 Å². The summed E-state index contributed by atoms with van der Waals surface area (Å²) in [5.41, 5.74) is 2.72. The molecule has 3 aromatic carbocycles. The lowest BCUT2D eigenvalue weighted by atomic mass is 10.2. The van der Waals surface area contributed by atoms with Crippen LogP contribution in [0, 0.1) is 0 Å². The zero-order valence-electron chi connectivity index (χ0n) is 13.6. The second-order valence-corrected chi connectivity index (χ2v) is 7.29. The van der Waals surface area contributed by atoms with Crippen LogP contribution in [0.3, 0.4) is 0 Å². The average Bonchev–Trinajstić information content (AvgIpc) is 2.61. The Morgan fingerprint density at radius 3 is 2.19 bits per heavy atom. The van der Waals surface area contributed by atoms with Crippen LogP contribution in [0.2, 0.25) is 20.1 Å². The number of benzene rings is 3. The molecular formula is C20H15Cl4NO. The maximum absolute atomic E-state index is 6.36. The molecule has 0 saturated carbocycles. The number of ether oxygens (including phenoxy) is 1. The molecule has 0 radical (unpaired) electrons. The molecule has 3 rings (SSSR count). The SMILES string of the molecule is Clc1cccc(NCc2cc(Cl)c(OCc3ccccc3Cl)c(Cl)c2)c1. The predicted octanol–water partition coefficient (Wildman–Crippen LogP) is 7.49. The normalized spacial score (nSPS) is 10.6. The highest BCUT2D eigenvalue weighted by Crippen LogP contribution is 2.35. The molecule has 0 unspecified atom stereocenters. The molecule has 0 aliphatic carbocycles. The van der Waals surface area contributed by atoms with Crippen LogP contribution in [0.1, 0.15) is 11.1 Å². The fourth-order valence-electron chi connectivity index (χ4n) is 2.42. The van der Waals surface area contributed by atoms with Crippen molar-refractivity contribution < 1.29 is 4.74 Å². The van der Waals surface area contributed by atoms with Crippen molar-refractivity contribution in [3.05, 3.63) is 91.9 Å². The lowest BCUT2D eigenvalue weighted by molar-refractivity contribution is 0.306. The third-order valence-corrected chi connectivity index (χ3v) is 4.87. The van der Waals surface area contributed by atoms with E-state index in [-0.39, 0.29) is 0 Å². The van der Waals surface area contributed by atoms with Gasteiger partial charge in [-0.05, 0) is 42.0 Å². The molecule has 0 aliphatic rings. The van der Waals surface area contributed by atoms with Crippen LogP contribution in [0.25, 0.3) is 0 Å². The van der Waals surface area contributed by atoms with Crippen LogP contribution >= 0.6 is 46.4 Å². The van der Waals surface area contributed by atoms with Crippen molar-refractivity contribution in [2.24, 2.45) is 0 Å². The molecule has 6 heteroatoms. The van der Waals surface area contributed by atoms with Gasteiger partial charge in [-0.2, -0.15) is 0 Å². The lowest BCUT2D eigenvalue weighted by Crippen LogP contribution is -2.01. The molecule has 0 fully saturated rings. The number of nitrogens with one attached hydrogen (secondary N) is 1. The molecular weight excluding hydrogens is 412 g/mol. The number of halogens is 4. The van der Waals surface area contributed by atoms with Gasteiger partial charge < -0.3 is 10.1 Å². The van der Waals surface area contributed by atoms with Crippen LogP contribution in [-0.4, -0.2) is 0 Å². The van der Waals surface area contributed by atoms with E-state index in [4.69, 9.17) is 51.1 Å². The minimum Gasteiger partial charge on any atom is -0.486 e. The minimum absolute atomic E-state index is 0.291. The highest BCUT2D eigenvalue weighted by Gasteiger charge is 2.11. The van der Waals surface area contributed by atoms with Crippen LogP contribution in [0.4, 0.5) is 5.69 Å². The Balaban J connectivity index is 1.69. The van der Waals surface area contributed by atoms with Gasteiger partial charge in [0.2, 0.25) is 0 Å². The summed E-state index contributed by atoms with van der Waals surface area (Å²) >= 11 is 24.8. The lowest BCUT2D eigenvalue weighted by Gasteiger charge is -2.13. The maximum atomic E-state index is 6.36. The summed E-state index contributed by atoms with van der Waals surface area (Å²) in [6, 6.07) is 18.6. The largest absolute Gasteiger partial charge is 0.486 e. The fraction of sp³-hybridized carbons (Fsp3) is 0.100. The van der Waals surface area contributed by atoms with Gasteiger partial charge in [0.05, 0.1) is 10.0 Å². The van der Waals surface area contributed by atoms with E-state index in [0.717, 1.165) is 16.8 Å². The van der Waals surface area contributed by atoms with Crippen molar-refractivity contribution >= 4 is 52.1 Å². The van der Waals surface area contributed by atoms with E-state index in [1.165, 1.54) is 0 Å². The first-order valence-corrected chi connectivity index (χ1v) is 9.37. The molecule has 0 aromatic heterocycles. The zero-order valence-corrected chi connectivity index (χ0v) is 16.6. The summed E-state index contributed by atoms with van der Waals surface area (Å²) in [6.07, 6.45) is 0. The van der Waals surface area contributed by atoms with Gasteiger partial charge in [-0.3, -0.25) is 0 Å². The summed E-state index contributed by atoms with van der Waals surface area (Å²) in [4.78, 5) is 0. The van der Waals surface area contributed by atoms with Crippen molar-refractivity contribution in [3.8, 4) is 5.75 Å². The van der Waals surface area contributed by atoms with Crippen molar-refractivity contribution in [1.82, 2.24) is 0 Å². The molecule has 2 nitrogen and oxygen atoms in total. The van der Waals surface area contributed by atoms with Gasteiger partial charge in [0, 0.05) is 27.8 Å². The molecule has 0 saturated heterocycles. The van der Waals surface area contributed by atoms with Gasteiger partial charge >= 0.3 is 0 Å². The third-order valence-electron chi connectivity index (χ3n) is 3.71. The molecule has 0 spiro atoms. The van der Waals surface area contributed by atoms with Crippen LogP contribution in [0.15, 0.2) is 60.7 Å². The van der Waals surface area contributed by atoms with E-state index in [2.05, 4.69) is 5.32 Å². The summed E-state index contributed by atoms with van der Waals surface area (Å²) < 4.78 is 5.78. The van der Waals surface area contributed by atoms with E-state index >= 15 is 0 Å². The van der Waals surface area contributed by atoms with Crippen LogP contribution < -0.4 is 10.1 Å². The molecule has 0 bridgehead atoms. The Hall–Kier alpha value is -1.58. The Bertz CT molecular complexity index is 891. The van der Waals surface area contributed by atoms with Crippen molar-refractivity contribution in [2.75, 3.05) is 5.32 Å². The van der Waals surface area contributed by atoms with Gasteiger partial charge in [-0.15, -0.1) is 0 Å². The molecule has 134 valence electrons. The monoisotopic (exact) mass is 425 g/mol. The smallest absolute Gasteiger partial charge is 0.156 e. The van der Waals surface area contributed by atoms with Gasteiger partial charge in [0.1, 0.15) is 6.61 Å². The molecule has 0 heterocycles. The van der Waals surface area contributed by atoms with E-state index in [9.17, 15) is 0 Å². The topological polar surface area (TPSA) is 21.3 Å². The van der Waals surface area contributed by atoms with Crippen molar-refractivity contribution in [3.63, 3.8) is 0 Å². The van der Waals surface area contributed by atoms with Crippen molar-refractivity contribution in [2.45, 2.75) is 13.2 Å². The number of anilines is 1. The minimum atomic E-state index is 0.291. The standard InChI is InChI=1S/C20H15Cl4NO/c21-15-5-3-6-16(10-15)25-11-13-8-18(23)20(19(24)9-13)26-12-14-4-1-2-7-17(14)22/h1-10,25H,11-12H2. The second-order valence-electron chi connectivity index (χ2n) is 5.63. The van der Waals surface area contributed by atoms with E-state index < -0.39 is 0 Å². The number of rotatable bonds is 6. The van der Waals surface area contributed by atoms with E-state index in [1.807, 2.05) is 60.7 Å². The quantitative estimate of drug-likeness (QED) is 0.440. The van der Waals surface area contributed by atoms with Gasteiger partial charge in [0.15, 0.2) is 5.75 Å². The first-order valence-electron chi connectivity index (χ1n) is 7.86. The highest BCUT2D eigenvalue weighted by atomic mass is 35.5. The Morgan fingerprint density at radius 2 is 1.50 bits per heavy atom. The molecule has 3 aromatic rings. The first kappa shape index (κ1) is 19.2. The van der Waals surface area contributed by atoms with E-state index in [0.29, 0.717) is 39.0 Å². The van der Waals surface area contributed by atoms with Gasteiger partial charge in [-0.25, -0.2) is 0 Å². The number of hydrogen-bond acceptors (Lipinski definition) is 2. The molecule has 26 heavy (non-hydrogen) atoms. The maximum Gasteiger partial charge on any atom is 0.156 e. The molecule has 1 N–H and O–H groups in total. The van der Waals surface area contributed by atoms with Crippen molar-refractivity contribution in [1.29, 1.82) is 0 Å². The summed E-state index contributed by atoms with van der Waals surface area (Å²) in [6.45, 7) is 0.851. The van der Waals surface area contributed by atoms with Crippen LogP contribution in [-0.2, 0) is 13.2 Å². The van der Waals surface area contributed by atoms with Crippen LogP contribution in [0.5, 0.6) is 5.75 Å². The van der Waals surface area contributed by atoms with Gasteiger partial charge in [-0.1, -0.05) is 70.7 Å². The summed E-state index contributed by atoms with van der Waals surface area (Å²) in [5, 5.41) is 5.50. The summed E-state index contributed by atoms with van der Waals surface area (Å²) in [5.74, 6) is 0.444. The van der Waals surface area contributed by atoms with E-state index in [1.54, 1.807) is 0 Å².